The quantitative estimate of drug-likeness (QED) is 0.794. The molecule has 0 aliphatic heterocycles. The van der Waals surface area contributed by atoms with E-state index in [-0.39, 0.29) is 11.9 Å². The van der Waals surface area contributed by atoms with E-state index < -0.39 is 6.10 Å². The van der Waals surface area contributed by atoms with Crippen molar-refractivity contribution in [2.45, 2.75) is 45.8 Å². The van der Waals surface area contributed by atoms with Gasteiger partial charge in [0.25, 0.3) is 5.91 Å². The maximum absolute atomic E-state index is 11.7. The van der Waals surface area contributed by atoms with Crippen molar-refractivity contribution < 1.29 is 9.53 Å². The number of benzene rings is 1. The maximum atomic E-state index is 11.7. The van der Waals surface area contributed by atoms with Crippen molar-refractivity contribution >= 4 is 5.91 Å². The summed E-state index contributed by atoms with van der Waals surface area (Å²) in [5.41, 5.74) is 7.03. The highest BCUT2D eigenvalue weighted by molar-refractivity contribution is 5.80. The van der Waals surface area contributed by atoms with Crippen LogP contribution in [0.25, 0.3) is 0 Å². The molecule has 0 aromatic heterocycles. The minimum Gasteiger partial charge on any atom is -0.481 e. The predicted octanol–water partition coefficient (Wildman–Crippen LogP) is 2.39. The second-order valence-electron chi connectivity index (χ2n) is 4.63. The van der Waals surface area contributed by atoms with Crippen molar-refractivity contribution in [1.29, 1.82) is 0 Å². The summed E-state index contributed by atoms with van der Waals surface area (Å²) in [7, 11) is 0. The lowest BCUT2D eigenvalue weighted by Crippen LogP contribution is -2.36. The molecular weight excluding hydrogens is 240 g/mol. The Balaban J connectivity index is 2.55. The van der Waals surface area contributed by atoms with Crippen LogP contribution in [0.1, 0.15) is 45.2 Å². The van der Waals surface area contributed by atoms with Crippen molar-refractivity contribution in [3.8, 4) is 5.75 Å². The summed E-state index contributed by atoms with van der Waals surface area (Å²) in [6.45, 7) is 6.49. The predicted molar refractivity (Wildman–Crippen MR) is 77.1 cm³/mol. The van der Waals surface area contributed by atoms with Gasteiger partial charge in [-0.05, 0) is 37.5 Å². The Morgan fingerprint density at radius 1 is 1.32 bits per heavy atom. The summed E-state index contributed by atoms with van der Waals surface area (Å²) < 4.78 is 5.59. The Morgan fingerprint density at radius 3 is 2.47 bits per heavy atom. The molecule has 106 valence electrons. The molecule has 4 nitrogen and oxygen atoms in total. The molecule has 1 amide bonds. The zero-order valence-electron chi connectivity index (χ0n) is 12.0. The maximum Gasteiger partial charge on any atom is 0.260 e. The molecule has 0 bridgehead atoms. The Labute approximate surface area is 115 Å². The first-order valence-corrected chi connectivity index (χ1v) is 6.88. The van der Waals surface area contributed by atoms with Crippen molar-refractivity contribution in [2.24, 2.45) is 5.73 Å². The molecule has 0 spiro atoms. The summed E-state index contributed by atoms with van der Waals surface area (Å²) in [6.07, 6.45) is 1.33. The fourth-order valence-electron chi connectivity index (χ4n) is 1.68. The molecule has 0 saturated carbocycles. The molecule has 0 heterocycles. The third kappa shape index (κ3) is 4.91. The van der Waals surface area contributed by atoms with Crippen LogP contribution in [0.15, 0.2) is 24.3 Å². The smallest absolute Gasteiger partial charge is 0.260 e. The molecule has 1 aromatic carbocycles. The van der Waals surface area contributed by atoms with Crippen LogP contribution in [-0.4, -0.2) is 18.6 Å². The Kier molecular flexibility index (Phi) is 6.36. The van der Waals surface area contributed by atoms with Crippen molar-refractivity contribution in [3.05, 3.63) is 29.8 Å². The molecule has 0 radical (unpaired) electrons. The van der Waals surface area contributed by atoms with Gasteiger partial charge in [-0.3, -0.25) is 4.79 Å². The van der Waals surface area contributed by atoms with Crippen molar-refractivity contribution in [1.82, 2.24) is 5.32 Å². The Bertz CT molecular complexity index is 390. The van der Waals surface area contributed by atoms with Gasteiger partial charge in [0.2, 0.25) is 0 Å². The van der Waals surface area contributed by atoms with E-state index in [1.54, 1.807) is 6.92 Å². The average molecular weight is 264 g/mol. The van der Waals surface area contributed by atoms with Crippen LogP contribution in [0.3, 0.4) is 0 Å². The third-order valence-corrected chi connectivity index (χ3v) is 2.98. The van der Waals surface area contributed by atoms with Gasteiger partial charge in [0.05, 0.1) is 0 Å². The molecule has 0 aliphatic carbocycles. The molecule has 0 fully saturated rings. The SMILES string of the molecule is CCCNC(=O)C(C)Oc1ccc([C@H](N)CC)cc1. The first-order chi connectivity index (χ1) is 9.08. The number of hydrogen-bond donors (Lipinski definition) is 2. The molecular formula is C15H24N2O2. The first-order valence-electron chi connectivity index (χ1n) is 6.88. The fourth-order valence-corrected chi connectivity index (χ4v) is 1.68. The van der Waals surface area contributed by atoms with Crippen LogP contribution >= 0.6 is 0 Å². The largest absolute Gasteiger partial charge is 0.481 e. The number of hydrogen-bond acceptors (Lipinski definition) is 3. The molecule has 3 N–H and O–H groups in total. The van der Waals surface area contributed by atoms with E-state index in [0.29, 0.717) is 12.3 Å². The normalized spacial score (nSPS) is 13.7. The van der Waals surface area contributed by atoms with Gasteiger partial charge in [-0.2, -0.15) is 0 Å². The van der Waals surface area contributed by atoms with E-state index in [9.17, 15) is 4.79 Å². The lowest BCUT2D eigenvalue weighted by molar-refractivity contribution is -0.127. The van der Waals surface area contributed by atoms with Gasteiger partial charge in [0.15, 0.2) is 6.10 Å². The van der Waals surface area contributed by atoms with Gasteiger partial charge in [-0.15, -0.1) is 0 Å². The highest BCUT2D eigenvalue weighted by Gasteiger charge is 2.13. The summed E-state index contributed by atoms with van der Waals surface area (Å²) in [6, 6.07) is 7.66. The molecule has 1 rings (SSSR count). The zero-order valence-corrected chi connectivity index (χ0v) is 12.0. The lowest BCUT2D eigenvalue weighted by Gasteiger charge is -2.15. The highest BCUT2D eigenvalue weighted by Crippen LogP contribution is 2.19. The van der Waals surface area contributed by atoms with E-state index in [2.05, 4.69) is 12.2 Å². The zero-order chi connectivity index (χ0) is 14.3. The van der Waals surface area contributed by atoms with E-state index >= 15 is 0 Å². The fraction of sp³-hybridized carbons (Fsp3) is 0.533. The van der Waals surface area contributed by atoms with Crippen LogP contribution in [0, 0.1) is 0 Å². The van der Waals surface area contributed by atoms with Gasteiger partial charge in [-0.25, -0.2) is 0 Å². The molecule has 0 aliphatic rings. The number of nitrogens with one attached hydrogen (secondary N) is 1. The second-order valence-corrected chi connectivity index (χ2v) is 4.63. The van der Waals surface area contributed by atoms with Gasteiger partial charge < -0.3 is 15.8 Å². The standard InChI is InChI=1S/C15H24N2O2/c1-4-10-17-15(18)11(3)19-13-8-6-12(7-9-13)14(16)5-2/h6-9,11,14H,4-5,10,16H2,1-3H3,(H,17,18)/t11?,14-/m1/s1. The van der Waals surface area contributed by atoms with Crippen LogP contribution in [-0.2, 0) is 4.79 Å². The molecule has 19 heavy (non-hydrogen) atoms. The monoisotopic (exact) mass is 264 g/mol. The molecule has 2 atom stereocenters. The van der Waals surface area contributed by atoms with Gasteiger partial charge >= 0.3 is 0 Å². The number of rotatable bonds is 7. The van der Waals surface area contributed by atoms with Crippen LogP contribution in [0.2, 0.25) is 0 Å². The van der Waals surface area contributed by atoms with E-state index in [1.165, 1.54) is 0 Å². The minimum absolute atomic E-state index is 0.0549. The number of amides is 1. The Hall–Kier alpha value is -1.55. The van der Waals surface area contributed by atoms with Crippen molar-refractivity contribution in [3.63, 3.8) is 0 Å². The molecule has 0 saturated heterocycles. The summed E-state index contributed by atoms with van der Waals surface area (Å²) in [5, 5.41) is 2.81. The minimum atomic E-state index is -0.489. The van der Waals surface area contributed by atoms with Crippen LogP contribution in [0.4, 0.5) is 0 Å². The number of ether oxygens (including phenoxy) is 1. The summed E-state index contributed by atoms with van der Waals surface area (Å²) in [5.74, 6) is 0.599. The van der Waals surface area contributed by atoms with Gasteiger partial charge in [0, 0.05) is 12.6 Å². The number of carbonyl (C=O) groups excluding carboxylic acids is 1. The van der Waals surface area contributed by atoms with Crippen LogP contribution < -0.4 is 15.8 Å². The van der Waals surface area contributed by atoms with Gasteiger partial charge in [-0.1, -0.05) is 26.0 Å². The van der Waals surface area contributed by atoms with E-state index in [4.69, 9.17) is 10.5 Å². The Morgan fingerprint density at radius 2 is 1.95 bits per heavy atom. The molecule has 4 heteroatoms. The van der Waals surface area contributed by atoms with E-state index in [0.717, 1.165) is 18.4 Å². The summed E-state index contributed by atoms with van der Waals surface area (Å²) in [4.78, 5) is 11.7. The number of nitrogens with two attached hydrogens (primary N) is 1. The van der Waals surface area contributed by atoms with Gasteiger partial charge in [0.1, 0.15) is 5.75 Å². The molecule has 1 aromatic rings. The second kappa shape index (κ2) is 7.79. The topological polar surface area (TPSA) is 64.3 Å². The van der Waals surface area contributed by atoms with Crippen LogP contribution in [0.5, 0.6) is 5.75 Å². The third-order valence-electron chi connectivity index (χ3n) is 2.98. The average Bonchev–Trinajstić information content (AvgIpc) is 2.44. The first kappa shape index (κ1) is 15.5. The highest BCUT2D eigenvalue weighted by atomic mass is 16.5. The van der Waals surface area contributed by atoms with Crippen molar-refractivity contribution in [2.75, 3.05) is 6.54 Å². The lowest BCUT2D eigenvalue weighted by atomic mass is 10.1. The summed E-state index contributed by atoms with van der Waals surface area (Å²) >= 11 is 0. The molecule has 1 unspecified atom stereocenters. The number of carbonyl (C=O) groups is 1. The van der Waals surface area contributed by atoms with E-state index in [1.807, 2.05) is 31.2 Å².